The fourth-order valence-corrected chi connectivity index (χ4v) is 8.65. The van der Waals surface area contributed by atoms with Crippen LogP contribution in [-0.2, 0) is 18.4 Å². The monoisotopic (exact) mass is 523 g/mol. The first-order chi connectivity index (χ1) is 18.4. The number of fused-ring (bicyclic) bond motifs is 1. The van der Waals surface area contributed by atoms with Crippen LogP contribution in [-0.4, -0.2) is 45.9 Å². The van der Waals surface area contributed by atoms with Crippen LogP contribution in [0.15, 0.2) is 17.5 Å². The van der Waals surface area contributed by atoms with Crippen LogP contribution in [0.3, 0.4) is 0 Å². The predicted molar refractivity (Wildman–Crippen MR) is 149 cm³/mol. The molecule has 1 saturated heterocycles. The molecule has 1 aromatic heterocycles. The summed E-state index contributed by atoms with van der Waals surface area (Å²) in [6, 6.07) is 1.15. The summed E-state index contributed by atoms with van der Waals surface area (Å²) in [4.78, 5) is 14.0. The summed E-state index contributed by atoms with van der Waals surface area (Å²) >= 11 is 0. The van der Waals surface area contributed by atoms with Gasteiger partial charge in [-0.2, -0.15) is 5.10 Å². The van der Waals surface area contributed by atoms with Crippen molar-refractivity contribution in [1.82, 2.24) is 25.2 Å². The van der Waals surface area contributed by atoms with Crippen molar-refractivity contribution in [2.45, 2.75) is 96.3 Å². The number of nitrogens with zero attached hydrogens (tertiary/aromatic N) is 3. The van der Waals surface area contributed by atoms with Gasteiger partial charge in [0.05, 0.1) is 6.04 Å². The molecule has 0 aromatic carbocycles. The van der Waals surface area contributed by atoms with Crippen molar-refractivity contribution in [2.75, 3.05) is 6.54 Å². The Kier molecular flexibility index (Phi) is 7.45. The molecule has 10 atom stereocenters. The zero-order chi connectivity index (χ0) is 26.4. The highest BCUT2D eigenvalue weighted by atomic mass is 16.2. The first kappa shape index (κ1) is 26.1. The highest BCUT2D eigenvalue weighted by Gasteiger charge is 2.47. The molecule has 5 aliphatic rings. The number of rotatable bonds is 7. The lowest BCUT2D eigenvalue weighted by molar-refractivity contribution is -0.129. The SMILES string of the molecule is CC1CCNC(C(NC(=O)C2CC(Cn3ccn(C)c3=N)CC(C3C(C)CCC4NN=CC43)C2)C2CC2)C1. The van der Waals surface area contributed by atoms with Crippen LogP contribution >= 0.6 is 0 Å². The molecule has 8 nitrogen and oxygen atoms in total. The normalized spacial score (nSPS) is 39.8. The molecule has 38 heavy (non-hydrogen) atoms. The predicted octanol–water partition coefficient (Wildman–Crippen LogP) is 3.24. The number of imidazole rings is 1. The third-order valence-electron chi connectivity index (χ3n) is 10.8. The molecular formula is C30H49N7O. The van der Waals surface area contributed by atoms with E-state index in [0.717, 1.165) is 38.3 Å². The molecule has 4 fully saturated rings. The summed E-state index contributed by atoms with van der Waals surface area (Å²) in [7, 11) is 1.94. The van der Waals surface area contributed by atoms with Crippen LogP contribution in [0.5, 0.6) is 0 Å². The van der Waals surface area contributed by atoms with E-state index in [0.29, 0.717) is 59.1 Å². The lowest BCUT2D eigenvalue weighted by atomic mass is 9.59. The van der Waals surface area contributed by atoms with E-state index in [2.05, 4.69) is 45.8 Å². The minimum atomic E-state index is 0.0541. The van der Waals surface area contributed by atoms with Crippen LogP contribution in [0.2, 0.25) is 0 Å². The number of piperidine rings is 1. The number of carbonyl (C=O) groups is 1. The van der Waals surface area contributed by atoms with Crippen molar-refractivity contribution in [1.29, 1.82) is 5.41 Å². The molecule has 1 amide bonds. The average molecular weight is 524 g/mol. The fraction of sp³-hybridized carbons (Fsp3) is 0.833. The molecule has 6 rings (SSSR count). The van der Waals surface area contributed by atoms with E-state index >= 15 is 0 Å². The number of hydrazone groups is 1. The largest absolute Gasteiger partial charge is 0.351 e. The summed E-state index contributed by atoms with van der Waals surface area (Å²) < 4.78 is 3.95. The van der Waals surface area contributed by atoms with Gasteiger partial charge in [0.15, 0.2) is 0 Å². The van der Waals surface area contributed by atoms with E-state index in [1.165, 1.54) is 38.5 Å². The van der Waals surface area contributed by atoms with E-state index in [1.54, 1.807) is 0 Å². The van der Waals surface area contributed by atoms with Gasteiger partial charge in [0.2, 0.25) is 11.5 Å². The second-order valence-electron chi connectivity index (χ2n) is 13.7. The Morgan fingerprint density at radius 1 is 1.13 bits per heavy atom. The fourth-order valence-electron chi connectivity index (χ4n) is 8.65. The van der Waals surface area contributed by atoms with E-state index in [1.807, 2.05) is 24.0 Å². The van der Waals surface area contributed by atoms with Crippen molar-refractivity contribution < 1.29 is 4.79 Å². The molecule has 2 aliphatic heterocycles. The second-order valence-corrected chi connectivity index (χ2v) is 13.7. The van der Waals surface area contributed by atoms with Gasteiger partial charge in [0, 0.05) is 56.1 Å². The first-order valence-electron chi connectivity index (χ1n) is 15.5. The maximum Gasteiger partial charge on any atom is 0.223 e. The number of aryl methyl sites for hydroxylation is 1. The van der Waals surface area contributed by atoms with E-state index in [9.17, 15) is 4.79 Å². The van der Waals surface area contributed by atoms with Crippen LogP contribution in [0.25, 0.3) is 0 Å². The number of aromatic nitrogens is 2. The van der Waals surface area contributed by atoms with E-state index in [4.69, 9.17) is 5.41 Å². The second kappa shape index (κ2) is 10.8. The highest BCUT2D eigenvalue weighted by molar-refractivity contribution is 5.79. The summed E-state index contributed by atoms with van der Waals surface area (Å²) in [6.07, 6.45) is 16.6. The van der Waals surface area contributed by atoms with Gasteiger partial charge < -0.3 is 25.2 Å². The van der Waals surface area contributed by atoms with Crippen molar-refractivity contribution >= 4 is 12.1 Å². The van der Waals surface area contributed by atoms with Crippen molar-refractivity contribution in [3.05, 3.63) is 18.0 Å². The molecule has 0 bridgehead atoms. The highest BCUT2D eigenvalue weighted by Crippen LogP contribution is 2.48. The van der Waals surface area contributed by atoms with Crippen LogP contribution in [0, 0.1) is 52.8 Å². The number of hydrogen-bond acceptors (Lipinski definition) is 5. The zero-order valence-electron chi connectivity index (χ0n) is 23.6. The molecular weight excluding hydrogens is 474 g/mol. The molecule has 3 aliphatic carbocycles. The Bertz CT molecular complexity index is 1070. The Balaban J connectivity index is 1.22. The number of carbonyl (C=O) groups excluding carboxylic acids is 1. The standard InChI is InChI=1S/C30H49N7O/c1-18-8-9-32-26(12-18)28(21-5-6-21)34-29(38)23-14-20(17-37-11-10-36(3)30(37)31)13-22(15-23)27-19(2)4-7-25-24(27)16-33-35-25/h10-11,16,18-28,31-32,35H,4-9,12-15,17H2,1-3H3,(H,34,38). The van der Waals surface area contributed by atoms with E-state index < -0.39 is 0 Å². The van der Waals surface area contributed by atoms with Gasteiger partial charge >= 0.3 is 0 Å². The average Bonchev–Trinajstić information content (AvgIpc) is 3.56. The Labute approximate surface area is 227 Å². The third-order valence-corrected chi connectivity index (χ3v) is 10.8. The molecule has 3 saturated carbocycles. The van der Waals surface area contributed by atoms with Gasteiger partial charge in [0.1, 0.15) is 0 Å². The Morgan fingerprint density at radius 2 is 1.97 bits per heavy atom. The zero-order valence-corrected chi connectivity index (χ0v) is 23.6. The van der Waals surface area contributed by atoms with Gasteiger partial charge in [0.25, 0.3) is 0 Å². The lowest BCUT2D eigenvalue weighted by Gasteiger charge is -2.46. The van der Waals surface area contributed by atoms with Gasteiger partial charge in [-0.3, -0.25) is 10.2 Å². The van der Waals surface area contributed by atoms with Crippen molar-refractivity contribution in [3.8, 4) is 0 Å². The maximum absolute atomic E-state index is 14.0. The summed E-state index contributed by atoms with van der Waals surface area (Å²) in [5, 5.41) is 20.4. The number of amides is 1. The third kappa shape index (κ3) is 5.34. The topological polar surface area (TPSA) is 99.2 Å². The number of hydrogen-bond donors (Lipinski definition) is 4. The molecule has 210 valence electrons. The molecule has 1 aromatic rings. The molecule has 8 heteroatoms. The molecule has 0 radical (unpaired) electrons. The quantitative estimate of drug-likeness (QED) is 0.442. The van der Waals surface area contributed by atoms with Gasteiger partial charge in [-0.1, -0.05) is 13.8 Å². The van der Waals surface area contributed by atoms with Crippen LogP contribution < -0.4 is 21.7 Å². The van der Waals surface area contributed by atoms with E-state index in [-0.39, 0.29) is 12.0 Å². The van der Waals surface area contributed by atoms with Gasteiger partial charge in [-0.25, -0.2) is 0 Å². The van der Waals surface area contributed by atoms with Crippen LogP contribution in [0.1, 0.15) is 71.6 Å². The van der Waals surface area contributed by atoms with Crippen molar-refractivity contribution in [3.63, 3.8) is 0 Å². The molecule has 4 N–H and O–H groups in total. The first-order valence-corrected chi connectivity index (χ1v) is 15.5. The molecule has 3 heterocycles. The minimum Gasteiger partial charge on any atom is -0.351 e. The maximum atomic E-state index is 14.0. The smallest absolute Gasteiger partial charge is 0.223 e. The lowest BCUT2D eigenvalue weighted by Crippen LogP contribution is -2.55. The Hall–Kier alpha value is -2.09. The summed E-state index contributed by atoms with van der Waals surface area (Å²) in [5.74, 6) is 4.35. The molecule has 10 unspecified atom stereocenters. The van der Waals surface area contributed by atoms with Crippen LogP contribution in [0.4, 0.5) is 0 Å². The number of nitrogens with one attached hydrogen (secondary N) is 4. The Morgan fingerprint density at radius 3 is 2.71 bits per heavy atom. The summed E-state index contributed by atoms with van der Waals surface area (Å²) in [5.41, 5.74) is 3.92. The molecule has 0 spiro atoms. The van der Waals surface area contributed by atoms with Gasteiger partial charge in [-0.05, 0) is 99.8 Å². The summed E-state index contributed by atoms with van der Waals surface area (Å²) in [6.45, 7) is 6.69. The van der Waals surface area contributed by atoms with Gasteiger partial charge in [-0.15, -0.1) is 0 Å². The van der Waals surface area contributed by atoms with Crippen molar-refractivity contribution in [2.24, 2.45) is 59.5 Å². The minimum absolute atomic E-state index is 0.0541.